The van der Waals surface area contributed by atoms with E-state index < -0.39 is 5.60 Å². The van der Waals surface area contributed by atoms with E-state index in [9.17, 15) is 9.90 Å². The highest BCUT2D eigenvalue weighted by molar-refractivity contribution is 6.05. The Bertz CT molecular complexity index is 768. The quantitative estimate of drug-likeness (QED) is 0.736. The molecule has 0 saturated heterocycles. The number of rotatable bonds is 4. The molecule has 0 unspecified atom stereocenters. The second-order valence-corrected chi connectivity index (χ2v) is 5.64. The van der Waals surface area contributed by atoms with Crippen molar-refractivity contribution in [2.75, 3.05) is 0 Å². The minimum Gasteiger partial charge on any atom is -0.373 e. The fraction of sp³-hybridized carbons (Fsp3) is 0.0952. The van der Waals surface area contributed by atoms with Crippen molar-refractivity contribution < 1.29 is 9.90 Å². The number of benzene rings is 3. The third kappa shape index (κ3) is 2.81. The molecule has 114 valence electrons. The largest absolute Gasteiger partial charge is 0.373 e. The van der Waals surface area contributed by atoms with Crippen molar-refractivity contribution in [2.24, 2.45) is 0 Å². The molecule has 2 nitrogen and oxygen atoms in total. The van der Waals surface area contributed by atoms with Crippen LogP contribution in [0.25, 0.3) is 0 Å². The predicted octanol–water partition coefficient (Wildman–Crippen LogP) is 4.11. The first-order valence-electron chi connectivity index (χ1n) is 7.57. The summed E-state index contributed by atoms with van der Waals surface area (Å²) in [6, 6.07) is 25.5. The van der Waals surface area contributed by atoms with Crippen molar-refractivity contribution >= 4 is 5.78 Å². The smallest absolute Gasteiger partial charge is 0.203 e. The minimum absolute atomic E-state index is 0.321. The molecule has 3 aromatic carbocycles. The Morgan fingerprint density at radius 2 is 1.30 bits per heavy atom. The van der Waals surface area contributed by atoms with Gasteiger partial charge < -0.3 is 5.11 Å². The average molecular weight is 302 g/mol. The molecule has 0 aromatic heterocycles. The molecule has 0 bridgehead atoms. The molecule has 3 aromatic rings. The number of aliphatic hydroxyl groups is 1. The molecule has 0 spiro atoms. The molecule has 0 amide bonds. The van der Waals surface area contributed by atoms with E-state index in [2.05, 4.69) is 0 Å². The van der Waals surface area contributed by atoms with Crippen LogP contribution in [-0.2, 0) is 5.60 Å². The summed E-state index contributed by atoms with van der Waals surface area (Å²) >= 11 is 0. The monoisotopic (exact) mass is 302 g/mol. The van der Waals surface area contributed by atoms with E-state index >= 15 is 0 Å². The number of ketones is 1. The zero-order valence-electron chi connectivity index (χ0n) is 12.9. The highest BCUT2D eigenvalue weighted by Gasteiger charge is 2.40. The number of hydrogen-bond donors (Lipinski definition) is 1. The Morgan fingerprint density at radius 1 is 0.783 bits per heavy atom. The van der Waals surface area contributed by atoms with Crippen molar-refractivity contribution in [2.45, 2.75) is 12.5 Å². The lowest BCUT2D eigenvalue weighted by Gasteiger charge is -2.28. The van der Waals surface area contributed by atoms with Gasteiger partial charge >= 0.3 is 0 Å². The predicted molar refractivity (Wildman–Crippen MR) is 91.4 cm³/mol. The molecule has 0 aliphatic heterocycles. The molecule has 0 aliphatic rings. The standard InChI is InChI=1S/C21H18O2/c1-16-9-8-10-17(15-16)20(22)21(23,18-11-4-2-5-12-18)19-13-6-3-7-14-19/h2-15,23H,1H3. The zero-order valence-corrected chi connectivity index (χ0v) is 12.9. The maximum atomic E-state index is 13.2. The van der Waals surface area contributed by atoms with Gasteiger partial charge in [-0.3, -0.25) is 4.79 Å². The van der Waals surface area contributed by atoms with Crippen LogP contribution in [0.1, 0.15) is 27.0 Å². The van der Waals surface area contributed by atoms with Gasteiger partial charge in [-0.2, -0.15) is 0 Å². The Labute approximate surface area is 136 Å². The van der Waals surface area contributed by atoms with Crippen molar-refractivity contribution in [1.82, 2.24) is 0 Å². The minimum atomic E-state index is -1.70. The number of Topliss-reactive ketones (excluding diaryl/α,β-unsaturated/α-hetero) is 1. The van der Waals surface area contributed by atoms with Gasteiger partial charge in [0.15, 0.2) is 5.60 Å². The van der Waals surface area contributed by atoms with Crippen LogP contribution in [0, 0.1) is 6.92 Å². The van der Waals surface area contributed by atoms with E-state index in [0.29, 0.717) is 16.7 Å². The third-order valence-corrected chi connectivity index (χ3v) is 3.99. The summed E-state index contributed by atoms with van der Waals surface area (Å²) in [6.07, 6.45) is 0. The van der Waals surface area contributed by atoms with Crippen LogP contribution in [0.15, 0.2) is 84.9 Å². The van der Waals surface area contributed by atoms with E-state index in [-0.39, 0.29) is 5.78 Å². The molecule has 0 radical (unpaired) electrons. The van der Waals surface area contributed by atoms with E-state index in [1.165, 1.54) is 0 Å². The second kappa shape index (κ2) is 6.19. The van der Waals surface area contributed by atoms with Crippen LogP contribution < -0.4 is 0 Å². The summed E-state index contributed by atoms with van der Waals surface area (Å²) in [4.78, 5) is 13.2. The molecular formula is C21H18O2. The van der Waals surface area contributed by atoms with Gasteiger partial charge in [-0.1, -0.05) is 84.4 Å². The maximum Gasteiger partial charge on any atom is 0.203 e. The molecule has 0 saturated carbocycles. The second-order valence-electron chi connectivity index (χ2n) is 5.64. The number of carbonyl (C=O) groups excluding carboxylic acids is 1. The maximum absolute atomic E-state index is 13.2. The fourth-order valence-electron chi connectivity index (χ4n) is 2.78. The van der Waals surface area contributed by atoms with Gasteiger partial charge in [0.1, 0.15) is 0 Å². The highest BCUT2D eigenvalue weighted by Crippen LogP contribution is 2.33. The van der Waals surface area contributed by atoms with Gasteiger partial charge in [0.25, 0.3) is 0 Å². The Morgan fingerprint density at radius 3 is 1.78 bits per heavy atom. The summed E-state index contributed by atoms with van der Waals surface area (Å²) in [5, 5.41) is 11.4. The Kier molecular flexibility index (Phi) is 4.09. The van der Waals surface area contributed by atoms with Crippen LogP contribution in [0.2, 0.25) is 0 Å². The number of carbonyl (C=O) groups is 1. The Balaban J connectivity index is 2.19. The average Bonchev–Trinajstić information content (AvgIpc) is 2.62. The normalized spacial score (nSPS) is 11.2. The molecule has 23 heavy (non-hydrogen) atoms. The first kappa shape index (κ1) is 15.2. The van der Waals surface area contributed by atoms with E-state index in [0.717, 1.165) is 5.56 Å². The summed E-state index contributed by atoms with van der Waals surface area (Å²) < 4.78 is 0. The molecule has 0 aliphatic carbocycles. The number of aryl methyl sites for hydroxylation is 1. The summed E-state index contributed by atoms with van der Waals surface area (Å²) in [6.45, 7) is 1.93. The zero-order chi connectivity index (χ0) is 16.3. The van der Waals surface area contributed by atoms with Crippen LogP contribution in [0.4, 0.5) is 0 Å². The third-order valence-electron chi connectivity index (χ3n) is 3.99. The first-order chi connectivity index (χ1) is 11.1. The Hall–Kier alpha value is -2.71. The highest BCUT2D eigenvalue weighted by atomic mass is 16.3. The molecule has 2 heteroatoms. The van der Waals surface area contributed by atoms with Crippen LogP contribution >= 0.6 is 0 Å². The van der Waals surface area contributed by atoms with Crippen LogP contribution in [0.3, 0.4) is 0 Å². The van der Waals surface area contributed by atoms with E-state index in [4.69, 9.17) is 0 Å². The summed E-state index contributed by atoms with van der Waals surface area (Å²) in [7, 11) is 0. The SMILES string of the molecule is Cc1cccc(C(=O)C(O)(c2ccccc2)c2ccccc2)c1. The van der Waals surface area contributed by atoms with Crippen LogP contribution in [-0.4, -0.2) is 10.9 Å². The fourth-order valence-corrected chi connectivity index (χ4v) is 2.78. The van der Waals surface area contributed by atoms with Crippen molar-refractivity contribution in [3.63, 3.8) is 0 Å². The van der Waals surface area contributed by atoms with E-state index in [1.807, 2.05) is 55.5 Å². The summed E-state index contributed by atoms with van der Waals surface area (Å²) in [5.74, 6) is -0.321. The topological polar surface area (TPSA) is 37.3 Å². The lowest BCUT2D eigenvalue weighted by molar-refractivity contribution is 0.0488. The molecular weight excluding hydrogens is 284 g/mol. The molecule has 0 fully saturated rings. The van der Waals surface area contributed by atoms with Gasteiger partial charge in [0.05, 0.1) is 0 Å². The van der Waals surface area contributed by atoms with Crippen molar-refractivity contribution in [3.05, 3.63) is 107 Å². The first-order valence-corrected chi connectivity index (χ1v) is 7.57. The van der Waals surface area contributed by atoms with Gasteiger partial charge in [-0.15, -0.1) is 0 Å². The van der Waals surface area contributed by atoms with Gasteiger partial charge in [-0.05, 0) is 24.1 Å². The molecule has 3 rings (SSSR count). The summed E-state index contributed by atoms with van der Waals surface area (Å²) in [5.41, 5.74) is 0.922. The molecule has 0 heterocycles. The van der Waals surface area contributed by atoms with Crippen molar-refractivity contribution in [1.29, 1.82) is 0 Å². The molecule has 1 N–H and O–H groups in total. The number of hydrogen-bond acceptors (Lipinski definition) is 2. The van der Waals surface area contributed by atoms with E-state index in [1.54, 1.807) is 36.4 Å². The van der Waals surface area contributed by atoms with Crippen LogP contribution in [0.5, 0.6) is 0 Å². The van der Waals surface area contributed by atoms with Gasteiger partial charge in [-0.25, -0.2) is 0 Å². The lowest BCUT2D eigenvalue weighted by atomic mass is 9.80. The van der Waals surface area contributed by atoms with Gasteiger partial charge in [0.2, 0.25) is 5.78 Å². The van der Waals surface area contributed by atoms with Crippen molar-refractivity contribution in [3.8, 4) is 0 Å². The van der Waals surface area contributed by atoms with Gasteiger partial charge in [0, 0.05) is 5.56 Å². The molecule has 0 atom stereocenters. The lowest BCUT2D eigenvalue weighted by Crippen LogP contribution is -2.37.